The van der Waals surface area contributed by atoms with Crippen molar-refractivity contribution in [3.63, 3.8) is 0 Å². The van der Waals surface area contributed by atoms with Gasteiger partial charge in [-0.2, -0.15) is 0 Å². The number of amides is 1. The highest BCUT2D eigenvalue weighted by atomic mass is 35.5. The minimum Gasteiger partial charge on any atom is -0.406 e. The van der Waals surface area contributed by atoms with Crippen LogP contribution < -0.4 is 4.74 Å². The van der Waals surface area contributed by atoms with Crippen LogP contribution in [0.5, 0.6) is 5.75 Å². The second-order valence-corrected chi connectivity index (χ2v) is 5.73. The average Bonchev–Trinajstić information content (AvgIpc) is 2.51. The van der Waals surface area contributed by atoms with Gasteiger partial charge in [0.05, 0.1) is 6.42 Å². The molecule has 0 aromatic heterocycles. The fourth-order valence-electron chi connectivity index (χ4n) is 2.13. The Labute approximate surface area is 146 Å². The molecular formula is C17H14ClF4NO2. The first-order valence-electron chi connectivity index (χ1n) is 7.17. The van der Waals surface area contributed by atoms with E-state index in [2.05, 4.69) is 4.74 Å². The summed E-state index contributed by atoms with van der Waals surface area (Å²) in [5, 5.41) is 0.216. The zero-order valence-corrected chi connectivity index (χ0v) is 13.9. The Balaban J connectivity index is 1.99. The molecule has 0 saturated carbocycles. The quantitative estimate of drug-likeness (QED) is 0.716. The number of alkyl halides is 3. The first-order chi connectivity index (χ1) is 11.7. The molecule has 0 N–H and O–H groups in total. The van der Waals surface area contributed by atoms with Crippen molar-refractivity contribution >= 4 is 17.5 Å². The number of hydrogen-bond acceptors (Lipinski definition) is 2. The maximum absolute atomic E-state index is 13.8. The Morgan fingerprint density at radius 3 is 2.36 bits per heavy atom. The molecule has 2 aromatic rings. The van der Waals surface area contributed by atoms with Gasteiger partial charge in [0.2, 0.25) is 5.91 Å². The molecule has 0 bridgehead atoms. The molecule has 0 radical (unpaired) electrons. The number of benzene rings is 2. The van der Waals surface area contributed by atoms with E-state index in [9.17, 15) is 22.4 Å². The second kappa shape index (κ2) is 7.74. The predicted octanol–water partition coefficient (Wildman–Crippen LogP) is 4.58. The summed E-state index contributed by atoms with van der Waals surface area (Å²) in [6.07, 6.45) is -4.81. The van der Waals surface area contributed by atoms with E-state index in [1.165, 1.54) is 42.3 Å². The summed E-state index contributed by atoms with van der Waals surface area (Å²) in [6.45, 7) is -0.0143. The van der Waals surface area contributed by atoms with E-state index in [1.54, 1.807) is 0 Å². The molecule has 1 amide bonds. The Morgan fingerprint density at radius 2 is 1.80 bits per heavy atom. The van der Waals surface area contributed by atoms with Crippen molar-refractivity contribution in [1.82, 2.24) is 4.90 Å². The first kappa shape index (κ1) is 19.1. The highest BCUT2D eigenvalue weighted by Gasteiger charge is 2.31. The third kappa shape index (κ3) is 5.63. The van der Waals surface area contributed by atoms with Crippen molar-refractivity contribution in [1.29, 1.82) is 0 Å². The van der Waals surface area contributed by atoms with Crippen molar-refractivity contribution in [2.75, 3.05) is 7.05 Å². The van der Waals surface area contributed by atoms with Gasteiger partial charge in [0.25, 0.3) is 0 Å². The van der Waals surface area contributed by atoms with E-state index in [-0.39, 0.29) is 35.2 Å². The number of carbonyl (C=O) groups excluding carboxylic acids is 1. The molecule has 0 aliphatic heterocycles. The van der Waals surface area contributed by atoms with Crippen LogP contribution in [0.25, 0.3) is 0 Å². The zero-order chi connectivity index (χ0) is 18.6. The van der Waals surface area contributed by atoms with Crippen LogP contribution in [-0.2, 0) is 17.8 Å². The Morgan fingerprint density at radius 1 is 1.16 bits per heavy atom. The van der Waals surface area contributed by atoms with E-state index < -0.39 is 12.2 Å². The van der Waals surface area contributed by atoms with E-state index >= 15 is 0 Å². The summed E-state index contributed by atoms with van der Waals surface area (Å²) in [4.78, 5) is 13.5. The van der Waals surface area contributed by atoms with Crippen LogP contribution >= 0.6 is 11.6 Å². The van der Waals surface area contributed by atoms with Crippen molar-refractivity contribution in [3.05, 3.63) is 64.4 Å². The lowest BCUT2D eigenvalue weighted by atomic mass is 10.1. The van der Waals surface area contributed by atoms with Gasteiger partial charge in [-0.05, 0) is 29.8 Å². The van der Waals surface area contributed by atoms with E-state index in [4.69, 9.17) is 11.6 Å². The summed E-state index contributed by atoms with van der Waals surface area (Å²) in [5.41, 5.74) is 0.708. The lowest BCUT2D eigenvalue weighted by Crippen LogP contribution is -2.28. The molecular weight excluding hydrogens is 362 g/mol. The van der Waals surface area contributed by atoms with Gasteiger partial charge < -0.3 is 9.64 Å². The van der Waals surface area contributed by atoms with Gasteiger partial charge in [-0.15, -0.1) is 13.2 Å². The van der Waals surface area contributed by atoms with E-state index in [1.807, 2.05) is 0 Å². The standard InChI is InChI=1S/C17H14ClF4NO2/c1-23(10-13-14(18)3-2-4-15(13)19)16(24)9-11-5-7-12(8-6-11)25-17(20,21)22/h2-8H,9-10H2,1H3. The number of likely N-dealkylation sites (N-methyl/N-ethyl adjacent to an activating group) is 1. The normalized spacial score (nSPS) is 11.3. The molecule has 134 valence electrons. The molecule has 8 heteroatoms. The molecule has 3 nitrogen and oxygen atoms in total. The van der Waals surface area contributed by atoms with Crippen LogP contribution in [0.1, 0.15) is 11.1 Å². The summed E-state index contributed by atoms with van der Waals surface area (Å²) in [5.74, 6) is -1.21. The molecule has 2 rings (SSSR count). The predicted molar refractivity (Wildman–Crippen MR) is 84.7 cm³/mol. The molecule has 0 heterocycles. The van der Waals surface area contributed by atoms with E-state index in [0.717, 1.165) is 12.1 Å². The van der Waals surface area contributed by atoms with Crippen molar-refractivity contribution < 1.29 is 27.1 Å². The molecule has 2 aromatic carbocycles. The highest BCUT2D eigenvalue weighted by molar-refractivity contribution is 6.31. The largest absolute Gasteiger partial charge is 0.573 e. The molecule has 0 fully saturated rings. The molecule has 0 atom stereocenters. The minimum absolute atomic E-state index is 0.0143. The van der Waals surface area contributed by atoms with Gasteiger partial charge in [-0.1, -0.05) is 29.8 Å². The van der Waals surface area contributed by atoms with Gasteiger partial charge in [0, 0.05) is 24.2 Å². The maximum Gasteiger partial charge on any atom is 0.573 e. The van der Waals surface area contributed by atoms with Crippen LogP contribution in [0.3, 0.4) is 0 Å². The third-order valence-corrected chi connectivity index (χ3v) is 3.75. The van der Waals surface area contributed by atoms with Gasteiger partial charge in [-0.25, -0.2) is 4.39 Å². The fraction of sp³-hybridized carbons (Fsp3) is 0.235. The van der Waals surface area contributed by atoms with Gasteiger partial charge in [0.15, 0.2) is 0 Å². The number of carbonyl (C=O) groups is 1. The fourth-order valence-corrected chi connectivity index (χ4v) is 2.35. The lowest BCUT2D eigenvalue weighted by Gasteiger charge is -2.18. The number of nitrogens with zero attached hydrogens (tertiary/aromatic N) is 1. The maximum atomic E-state index is 13.8. The number of ether oxygens (including phenoxy) is 1. The summed E-state index contributed by atoms with van der Waals surface area (Å²) in [7, 11) is 1.49. The molecule has 0 unspecified atom stereocenters. The number of rotatable bonds is 5. The third-order valence-electron chi connectivity index (χ3n) is 3.40. The van der Waals surface area contributed by atoms with Crippen LogP contribution in [0.4, 0.5) is 17.6 Å². The first-order valence-corrected chi connectivity index (χ1v) is 7.55. The van der Waals surface area contributed by atoms with Crippen LogP contribution in [0.2, 0.25) is 5.02 Å². The van der Waals surface area contributed by atoms with Gasteiger partial charge in [-0.3, -0.25) is 4.79 Å². The van der Waals surface area contributed by atoms with Crippen molar-refractivity contribution in [2.24, 2.45) is 0 Å². The van der Waals surface area contributed by atoms with Gasteiger partial charge in [0.1, 0.15) is 11.6 Å². The molecule has 0 aliphatic rings. The van der Waals surface area contributed by atoms with Crippen LogP contribution in [0.15, 0.2) is 42.5 Å². The average molecular weight is 376 g/mol. The molecule has 0 aliphatic carbocycles. The zero-order valence-electron chi connectivity index (χ0n) is 13.1. The summed E-state index contributed by atoms with van der Waals surface area (Å²) in [6, 6.07) is 9.23. The second-order valence-electron chi connectivity index (χ2n) is 5.32. The topological polar surface area (TPSA) is 29.5 Å². The summed E-state index contributed by atoms with van der Waals surface area (Å²) < 4.78 is 53.8. The minimum atomic E-state index is -4.77. The Bertz CT molecular complexity index is 727. The Hall–Kier alpha value is -2.28. The molecule has 0 saturated heterocycles. The van der Waals surface area contributed by atoms with Crippen molar-refractivity contribution in [3.8, 4) is 5.75 Å². The smallest absolute Gasteiger partial charge is 0.406 e. The highest BCUT2D eigenvalue weighted by Crippen LogP contribution is 2.23. The number of hydrogen-bond donors (Lipinski definition) is 0. The van der Waals surface area contributed by atoms with E-state index in [0.29, 0.717) is 5.56 Å². The van der Waals surface area contributed by atoms with Crippen LogP contribution in [0, 0.1) is 5.82 Å². The monoisotopic (exact) mass is 375 g/mol. The summed E-state index contributed by atoms with van der Waals surface area (Å²) >= 11 is 5.92. The van der Waals surface area contributed by atoms with Gasteiger partial charge >= 0.3 is 6.36 Å². The van der Waals surface area contributed by atoms with Crippen molar-refractivity contribution in [2.45, 2.75) is 19.3 Å². The molecule has 0 spiro atoms. The number of halogens is 5. The lowest BCUT2D eigenvalue weighted by molar-refractivity contribution is -0.274. The Kier molecular flexibility index (Phi) is 5.89. The van der Waals surface area contributed by atoms with Crippen LogP contribution in [-0.4, -0.2) is 24.2 Å². The SMILES string of the molecule is CN(Cc1c(F)cccc1Cl)C(=O)Cc1ccc(OC(F)(F)F)cc1. The molecule has 25 heavy (non-hydrogen) atoms.